The third-order valence-corrected chi connectivity index (χ3v) is 4.36. The van der Waals surface area contributed by atoms with Crippen molar-refractivity contribution in [3.63, 3.8) is 0 Å². The molecule has 0 saturated heterocycles. The van der Waals surface area contributed by atoms with Gasteiger partial charge < -0.3 is 10.2 Å². The fourth-order valence-corrected chi connectivity index (χ4v) is 2.67. The van der Waals surface area contributed by atoms with Crippen LogP contribution in [0.1, 0.15) is 73.1 Å². The molecule has 0 saturated carbocycles. The van der Waals surface area contributed by atoms with Gasteiger partial charge in [-0.15, -0.1) is 0 Å². The molecule has 0 aliphatic heterocycles. The summed E-state index contributed by atoms with van der Waals surface area (Å²) < 4.78 is 0. The van der Waals surface area contributed by atoms with Crippen molar-refractivity contribution in [2.45, 2.75) is 73.1 Å². The number of rotatable bonds is 13. The Morgan fingerprint density at radius 2 is 1.19 bits per heavy atom. The molecule has 0 fully saturated rings. The molecule has 0 bridgehead atoms. The lowest BCUT2D eigenvalue weighted by Crippen LogP contribution is -2.33. The minimum atomic E-state index is 0.0731. The van der Waals surface area contributed by atoms with Gasteiger partial charge in [0.25, 0.3) is 0 Å². The van der Waals surface area contributed by atoms with E-state index in [1.165, 1.54) is 28.7 Å². The fraction of sp³-hybridized carbons (Fsp3) is 0.625. The molecule has 0 atom stereocenters. The first-order chi connectivity index (χ1) is 12.7. The molecule has 0 rings (SSSR count). The van der Waals surface area contributed by atoms with E-state index in [4.69, 9.17) is 0 Å². The van der Waals surface area contributed by atoms with Crippen molar-refractivity contribution >= 4 is 5.91 Å². The first-order valence-corrected chi connectivity index (χ1v) is 10.2. The molecule has 0 aromatic carbocycles. The van der Waals surface area contributed by atoms with E-state index in [1.807, 2.05) is 19.0 Å². The first kappa shape index (κ1) is 25.4. The van der Waals surface area contributed by atoms with Gasteiger partial charge in [-0.1, -0.05) is 46.6 Å². The van der Waals surface area contributed by atoms with Crippen molar-refractivity contribution in [3.8, 4) is 0 Å². The molecule has 0 unspecified atom stereocenters. The highest BCUT2D eigenvalue weighted by molar-refractivity contribution is 5.78. The quantitative estimate of drug-likeness (QED) is 0.413. The van der Waals surface area contributed by atoms with Gasteiger partial charge in [0.15, 0.2) is 0 Å². The summed E-state index contributed by atoms with van der Waals surface area (Å²) in [6.45, 7) is 12.0. The summed E-state index contributed by atoms with van der Waals surface area (Å²) in [7, 11) is 3.80. The Morgan fingerprint density at radius 3 is 1.63 bits per heavy atom. The van der Waals surface area contributed by atoms with Crippen LogP contribution in [-0.4, -0.2) is 38.0 Å². The maximum Gasteiger partial charge on any atom is 0.234 e. The third-order valence-electron chi connectivity index (χ3n) is 4.36. The lowest BCUT2D eigenvalue weighted by atomic mass is 10.0. The Bertz CT molecular complexity index is 547. The molecule has 3 nitrogen and oxygen atoms in total. The smallest absolute Gasteiger partial charge is 0.234 e. The number of hydrogen-bond donors (Lipinski definition) is 1. The number of nitrogens with zero attached hydrogens (tertiary/aromatic N) is 1. The van der Waals surface area contributed by atoms with Crippen LogP contribution in [-0.2, 0) is 4.79 Å². The summed E-state index contributed by atoms with van der Waals surface area (Å²) in [5.74, 6) is 0.0731. The monoisotopic (exact) mass is 374 g/mol. The minimum absolute atomic E-state index is 0.0731. The van der Waals surface area contributed by atoms with E-state index in [2.05, 4.69) is 64.2 Å². The van der Waals surface area contributed by atoms with Crippen molar-refractivity contribution in [3.05, 3.63) is 46.6 Å². The Hall–Kier alpha value is -1.61. The zero-order valence-electron chi connectivity index (χ0n) is 18.8. The molecular formula is C24H42N2O. The van der Waals surface area contributed by atoms with E-state index >= 15 is 0 Å². The maximum atomic E-state index is 11.6. The van der Waals surface area contributed by atoms with E-state index in [0.29, 0.717) is 13.1 Å². The Morgan fingerprint density at radius 1 is 0.741 bits per heavy atom. The summed E-state index contributed by atoms with van der Waals surface area (Å²) in [6, 6.07) is 0. The van der Waals surface area contributed by atoms with Crippen LogP contribution in [0.4, 0.5) is 0 Å². The lowest BCUT2D eigenvalue weighted by molar-refractivity contribution is -0.121. The summed E-state index contributed by atoms with van der Waals surface area (Å²) in [5, 5.41) is 2.92. The highest BCUT2D eigenvalue weighted by Gasteiger charge is 2.00. The zero-order chi connectivity index (χ0) is 20.7. The first-order valence-electron chi connectivity index (χ1n) is 10.2. The minimum Gasteiger partial charge on any atom is -0.352 e. The zero-order valence-corrected chi connectivity index (χ0v) is 18.8. The molecular weight excluding hydrogens is 332 g/mol. The van der Waals surface area contributed by atoms with E-state index in [0.717, 1.165) is 32.1 Å². The molecule has 1 amide bonds. The van der Waals surface area contributed by atoms with Crippen LogP contribution < -0.4 is 5.32 Å². The van der Waals surface area contributed by atoms with Crippen LogP contribution >= 0.6 is 0 Å². The maximum absolute atomic E-state index is 11.6. The predicted octanol–water partition coefficient (Wildman–Crippen LogP) is 5.81. The second-order valence-corrected chi connectivity index (χ2v) is 8.09. The van der Waals surface area contributed by atoms with Crippen molar-refractivity contribution < 1.29 is 4.79 Å². The predicted molar refractivity (Wildman–Crippen MR) is 120 cm³/mol. The van der Waals surface area contributed by atoms with Gasteiger partial charge in [0.2, 0.25) is 5.91 Å². The van der Waals surface area contributed by atoms with Crippen LogP contribution in [0.3, 0.4) is 0 Å². The molecule has 0 radical (unpaired) electrons. The molecule has 1 N–H and O–H groups in total. The molecule has 0 aliphatic carbocycles. The summed E-state index contributed by atoms with van der Waals surface area (Å²) in [4.78, 5) is 13.4. The van der Waals surface area contributed by atoms with Crippen molar-refractivity contribution in [2.24, 2.45) is 0 Å². The largest absolute Gasteiger partial charge is 0.352 e. The Labute approximate surface area is 168 Å². The molecule has 0 heterocycles. The topological polar surface area (TPSA) is 32.3 Å². The number of hydrogen-bond acceptors (Lipinski definition) is 2. The standard InChI is InChI=1S/C24H42N2O/c1-20(2)11-8-12-21(3)13-9-14-22(4)15-10-16-23(5)17-18-25-24(27)19-26(6)7/h11,13,15,17H,8-10,12,14,16,18-19H2,1-7H3,(H,25,27). The average molecular weight is 375 g/mol. The summed E-state index contributed by atoms with van der Waals surface area (Å²) in [5.41, 5.74) is 5.70. The van der Waals surface area contributed by atoms with E-state index < -0.39 is 0 Å². The van der Waals surface area contributed by atoms with Crippen LogP contribution in [0, 0.1) is 0 Å². The number of nitrogens with one attached hydrogen (secondary N) is 1. The van der Waals surface area contributed by atoms with Gasteiger partial charge in [-0.3, -0.25) is 4.79 Å². The van der Waals surface area contributed by atoms with Crippen LogP contribution in [0.15, 0.2) is 46.6 Å². The van der Waals surface area contributed by atoms with Gasteiger partial charge >= 0.3 is 0 Å². The molecule has 0 spiro atoms. The van der Waals surface area contributed by atoms with Crippen molar-refractivity contribution in [1.82, 2.24) is 10.2 Å². The van der Waals surface area contributed by atoms with Gasteiger partial charge in [-0.2, -0.15) is 0 Å². The molecule has 154 valence electrons. The lowest BCUT2D eigenvalue weighted by Gasteiger charge is -2.09. The number of allylic oxidation sites excluding steroid dienone is 7. The summed E-state index contributed by atoms with van der Waals surface area (Å²) >= 11 is 0. The second-order valence-electron chi connectivity index (χ2n) is 8.09. The van der Waals surface area contributed by atoms with E-state index in [1.54, 1.807) is 0 Å². The molecule has 27 heavy (non-hydrogen) atoms. The fourth-order valence-electron chi connectivity index (χ4n) is 2.67. The van der Waals surface area contributed by atoms with Crippen molar-refractivity contribution in [2.75, 3.05) is 27.2 Å². The number of likely N-dealkylation sites (N-methyl/N-ethyl adjacent to an activating group) is 1. The van der Waals surface area contributed by atoms with Crippen LogP contribution in [0.25, 0.3) is 0 Å². The normalized spacial score (nSPS) is 13.1. The molecule has 0 aromatic heterocycles. The molecule has 3 heteroatoms. The van der Waals surface area contributed by atoms with E-state index in [9.17, 15) is 4.79 Å². The molecule has 0 aliphatic rings. The third kappa shape index (κ3) is 17.6. The van der Waals surface area contributed by atoms with E-state index in [-0.39, 0.29) is 5.91 Å². The average Bonchev–Trinajstić information content (AvgIpc) is 2.53. The van der Waals surface area contributed by atoms with Gasteiger partial charge in [-0.05, 0) is 87.2 Å². The highest BCUT2D eigenvalue weighted by atomic mass is 16.1. The number of carbonyl (C=O) groups excluding carboxylic acids is 1. The number of amides is 1. The Kier molecular flexibility index (Phi) is 14.5. The molecule has 0 aromatic rings. The van der Waals surface area contributed by atoms with Gasteiger partial charge in [-0.25, -0.2) is 0 Å². The van der Waals surface area contributed by atoms with Crippen molar-refractivity contribution in [1.29, 1.82) is 0 Å². The highest BCUT2D eigenvalue weighted by Crippen LogP contribution is 2.13. The van der Waals surface area contributed by atoms with Gasteiger partial charge in [0.05, 0.1) is 6.54 Å². The second kappa shape index (κ2) is 15.4. The number of carbonyl (C=O) groups is 1. The Balaban J connectivity index is 4.01. The van der Waals surface area contributed by atoms with Gasteiger partial charge in [0.1, 0.15) is 0 Å². The van der Waals surface area contributed by atoms with Crippen LogP contribution in [0.5, 0.6) is 0 Å². The van der Waals surface area contributed by atoms with Crippen LogP contribution in [0.2, 0.25) is 0 Å². The summed E-state index contributed by atoms with van der Waals surface area (Å²) in [6.07, 6.45) is 15.9. The van der Waals surface area contributed by atoms with Gasteiger partial charge in [0, 0.05) is 6.54 Å². The SMILES string of the molecule is CC(C)=CCCC(C)=CCCC(C)=CCCC(C)=CCNC(=O)CN(C)C.